The van der Waals surface area contributed by atoms with Crippen LogP contribution >= 0.6 is 18.8 Å². The first-order chi connectivity index (χ1) is 14.8. The highest BCUT2D eigenvalue weighted by Crippen LogP contribution is 2.44. The van der Waals surface area contributed by atoms with Gasteiger partial charge in [0.25, 0.3) is 0 Å². The van der Waals surface area contributed by atoms with Gasteiger partial charge >= 0.3 is 11.9 Å². The first kappa shape index (κ1) is 23.4. The Morgan fingerprint density at radius 1 is 1.03 bits per heavy atom. The molecule has 1 aliphatic rings. The van der Waals surface area contributed by atoms with Gasteiger partial charge in [0.15, 0.2) is 0 Å². The number of carbonyl (C=O) groups is 2. The molecule has 1 rings (SSSR count). The Bertz CT molecular complexity index is 546. The van der Waals surface area contributed by atoms with Crippen LogP contribution in [0.5, 0.6) is 0 Å². The Hall–Kier alpha value is -0.220. The third-order valence-corrected chi connectivity index (χ3v) is 6.51. The molecular weight excluding hydrogens is 420 g/mol. The predicted molar refractivity (Wildman–Crippen MR) is 115 cm³/mol. The van der Waals surface area contributed by atoms with Crippen LogP contribution in [-0.2, 0) is 18.6 Å². The van der Waals surface area contributed by atoms with Gasteiger partial charge in [0.05, 0.1) is 14.8 Å². The fourth-order valence-corrected chi connectivity index (χ4v) is 4.77. The standard InChI is InChI=1S/C20H36F2O5P2/c1-2-3-12-20(21,22)18(23)11-10-15-14(16(26-28)13-17(15)27-29)8-6-4-5-7-9-19(24)25/h14-17H,2-13,28-29H2,1H3,(H,24,25)/t14?,15-,16+,17-/m1/s1/i28T,29T/t14?,15-,16+,17-,28?,29?. The second kappa shape index (κ2) is 14.0. The number of aliphatic carboxylic acids is 1. The number of Topliss-reactive ketones (excluding diaryl/α,β-unsaturated/α-hetero) is 1. The van der Waals surface area contributed by atoms with Crippen molar-refractivity contribution in [3.8, 4) is 0 Å². The van der Waals surface area contributed by atoms with E-state index in [1.54, 1.807) is 0 Å². The average molecular weight is 460 g/mol. The number of hydrogen-bond acceptors (Lipinski definition) is 4. The second-order valence-electron chi connectivity index (χ2n) is 7.99. The van der Waals surface area contributed by atoms with Crippen molar-refractivity contribution >= 4 is 30.6 Å². The third kappa shape index (κ3) is 9.21. The molecule has 29 heavy (non-hydrogen) atoms. The maximum absolute atomic E-state index is 14.1. The number of carbonyl (C=O) groups excluding carboxylic acids is 1. The molecule has 0 spiro atoms. The number of halogens is 2. The summed E-state index contributed by atoms with van der Waals surface area (Å²) in [6, 6.07) is 0. The number of carboxylic acids is 1. The lowest BCUT2D eigenvalue weighted by atomic mass is 9.84. The fourth-order valence-electron chi connectivity index (χ4n) is 4.23. The monoisotopic (exact) mass is 460 g/mol. The van der Waals surface area contributed by atoms with Crippen LogP contribution in [0.1, 0.15) is 84.0 Å². The first-order valence-corrected chi connectivity index (χ1v) is 11.4. The van der Waals surface area contributed by atoms with Crippen LogP contribution in [-0.4, -0.2) is 37.5 Å². The Kier molecular flexibility index (Phi) is 11.3. The Labute approximate surface area is 180 Å². The molecule has 1 N–H and O–H groups in total. The molecule has 3 unspecified atom stereocenters. The number of rotatable bonds is 18. The van der Waals surface area contributed by atoms with Gasteiger partial charge in [-0.1, -0.05) is 32.6 Å². The van der Waals surface area contributed by atoms with Crippen molar-refractivity contribution in [3.05, 3.63) is 0 Å². The lowest BCUT2D eigenvalue weighted by Gasteiger charge is -2.26. The quantitative estimate of drug-likeness (QED) is 0.214. The van der Waals surface area contributed by atoms with Crippen LogP contribution < -0.4 is 0 Å². The molecule has 0 aliphatic heterocycles. The third-order valence-electron chi connectivity index (χ3n) is 5.91. The van der Waals surface area contributed by atoms with Gasteiger partial charge in [0, 0.05) is 44.5 Å². The summed E-state index contributed by atoms with van der Waals surface area (Å²) in [6.45, 7) is 1.81. The molecular formula is C20H36F2O5P2. The first-order valence-electron chi connectivity index (χ1n) is 11.5. The van der Waals surface area contributed by atoms with Crippen molar-refractivity contribution < 1.29 is 32.5 Å². The van der Waals surface area contributed by atoms with E-state index < -0.39 is 42.9 Å². The molecule has 5 nitrogen and oxygen atoms in total. The summed E-state index contributed by atoms with van der Waals surface area (Å²) in [5.74, 6) is -5.33. The van der Waals surface area contributed by atoms with E-state index in [1.165, 1.54) is 0 Å². The number of hydrogen-bond donors (Lipinski definition) is 1. The Morgan fingerprint density at radius 2 is 1.66 bits per heavy atom. The van der Waals surface area contributed by atoms with Crippen LogP contribution in [0.15, 0.2) is 0 Å². The molecule has 0 bridgehead atoms. The number of unbranched alkanes of at least 4 members (excludes halogenated alkanes) is 4. The summed E-state index contributed by atoms with van der Waals surface area (Å²) in [7, 11) is -0.945. The van der Waals surface area contributed by atoms with Crippen molar-refractivity contribution in [2.75, 3.05) is 0 Å². The Morgan fingerprint density at radius 3 is 2.24 bits per heavy atom. The van der Waals surface area contributed by atoms with E-state index in [9.17, 15) is 18.4 Å². The van der Waals surface area contributed by atoms with Crippen molar-refractivity contribution in [1.82, 2.24) is 0 Å². The highest BCUT2D eigenvalue weighted by Gasteiger charge is 2.45. The smallest absolute Gasteiger partial charge is 0.305 e. The summed E-state index contributed by atoms with van der Waals surface area (Å²) in [6.07, 6.45) is 4.45. The molecule has 170 valence electrons. The van der Waals surface area contributed by atoms with E-state index in [1.807, 2.05) is 6.92 Å². The van der Waals surface area contributed by atoms with Gasteiger partial charge in [-0.2, -0.15) is 8.78 Å². The highest BCUT2D eigenvalue weighted by atomic mass is 31.0. The summed E-state index contributed by atoms with van der Waals surface area (Å²) in [5, 5.41) is 8.72. The van der Waals surface area contributed by atoms with E-state index in [-0.39, 0.29) is 43.3 Å². The van der Waals surface area contributed by atoms with Gasteiger partial charge in [0.1, 0.15) is 0 Å². The van der Waals surface area contributed by atoms with Crippen molar-refractivity contribution in [3.63, 3.8) is 0 Å². The Balaban J connectivity index is 2.71. The topological polar surface area (TPSA) is 72.8 Å². The number of alkyl halides is 2. The number of carboxylic acid groups (broad SMARTS) is 1. The average Bonchev–Trinajstić information content (AvgIpc) is 3.03. The van der Waals surface area contributed by atoms with Crippen LogP contribution in [0, 0.1) is 11.8 Å². The van der Waals surface area contributed by atoms with Gasteiger partial charge in [0.2, 0.25) is 5.78 Å². The summed E-state index contributed by atoms with van der Waals surface area (Å²) in [4.78, 5) is 22.8. The molecule has 0 aromatic rings. The maximum atomic E-state index is 14.1. The van der Waals surface area contributed by atoms with E-state index in [0.717, 1.165) is 25.7 Å². The molecule has 0 radical (unpaired) electrons. The van der Waals surface area contributed by atoms with Crippen LogP contribution in [0.25, 0.3) is 0 Å². The zero-order valence-corrected chi connectivity index (χ0v) is 19.1. The van der Waals surface area contributed by atoms with Gasteiger partial charge in [-0.25, -0.2) is 0 Å². The summed E-state index contributed by atoms with van der Waals surface area (Å²) >= 11 is 0. The van der Waals surface area contributed by atoms with Gasteiger partial charge in [-0.3, -0.25) is 9.59 Å². The minimum absolute atomic E-state index is 0.0178. The largest absolute Gasteiger partial charge is 0.481 e. The van der Waals surface area contributed by atoms with Gasteiger partial charge < -0.3 is 14.2 Å². The lowest BCUT2D eigenvalue weighted by Crippen LogP contribution is -2.30. The minimum atomic E-state index is -3.31. The minimum Gasteiger partial charge on any atom is -0.481 e. The maximum Gasteiger partial charge on any atom is 0.305 e. The van der Waals surface area contributed by atoms with Crippen molar-refractivity contribution in [2.45, 2.75) is 102 Å². The molecule has 6 atom stereocenters. The van der Waals surface area contributed by atoms with E-state index in [0.29, 0.717) is 25.7 Å². The highest BCUT2D eigenvalue weighted by molar-refractivity contribution is 7.10. The summed E-state index contributed by atoms with van der Waals surface area (Å²) in [5.41, 5.74) is 0. The van der Waals surface area contributed by atoms with E-state index in [4.69, 9.17) is 16.7 Å². The molecule has 9 heteroatoms. The van der Waals surface area contributed by atoms with Gasteiger partial charge in [-0.05, 0) is 37.5 Å². The normalized spacial score (nSPS) is 26.4. The SMILES string of the molecule is [3H]PO[C@H]1C[C@@H](OP[3H])[C@H](CCC(=O)C(F)(F)CCCC)C1CCCCCCC(=O)O. The second-order valence-corrected chi connectivity index (χ2v) is 8.46. The number of ketones is 1. The zero-order chi connectivity index (χ0) is 23.3. The molecule has 0 aromatic heterocycles. The zero-order valence-electron chi connectivity index (χ0n) is 19.1. The molecule has 1 aliphatic carbocycles. The van der Waals surface area contributed by atoms with Crippen LogP contribution in [0.3, 0.4) is 0 Å². The van der Waals surface area contributed by atoms with Crippen molar-refractivity contribution in [1.29, 1.82) is 2.56 Å². The predicted octanol–water partition coefficient (Wildman–Crippen LogP) is 5.57. The van der Waals surface area contributed by atoms with E-state index >= 15 is 0 Å². The molecule has 1 fully saturated rings. The molecule has 0 saturated heterocycles. The van der Waals surface area contributed by atoms with E-state index in [2.05, 4.69) is 0 Å². The van der Waals surface area contributed by atoms with Gasteiger partial charge in [-0.15, -0.1) is 0 Å². The summed E-state index contributed by atoms with van der Waals surface area (Å²) < 4.78 is 54.2. The fraction of sp³-hybridized carbons (Fsp3) is 0.900. The molecule has 0 heterocycles. The molecule has 1 saturated carbocycles. The molecule has 0 amide bonds. The lowest BCUT2D eigenvalue weighted by molar-refractivity contribution is -0.144. The van der Waals surface area contributed by atoms with Crippen LogP contribution in [0.4, 0.5) is 8.78 Å². The molecule has 0 aromatic carbocycles. The van der Waals surface area contributed by atoms with Crippen LogP contribution in [0.2, 0.25) is 0 Å². The van der Waals surface area contributed by atoms with Crippen molar-refractivity contribution in [2.24, 2.45) is 11.8 Å².